The van der Waals surface area contributed by atoms with Gasteiger partial charge in [0, 0.05) is 24.3 Å². The molecule has 0 N–H and O–H groups in total. The number of carbonyl (C=O) groups excluding carboxylic acids is 1. The lowest BCUT2D eigenvalue weighted by Gasteiger charge is -2.33. The Morgan fingerprint density at radius 1 is 1.05 bits per heavy atom. The van der Waals surface area contributed by atoms with E-state index in [0.717, 1.165) is 17.6 Å². The lowest BCUT2D eigenvalue weighted by molar-refractivity contribution is 0.0656. The third kappa shape index (κ3) is 5.03. The van der Waals surface area contributed by atoms with Gasteiger partial charge in [0.15, 0.2) is 0 Å². The molecule has 0 bridgehead atoms. The first-order valence-corrected chi connectivity index (χ1v) is 12.6. The molecule has 0 spiro atoms. The zero-order valence-electron chi connectivity index (χ0n) is 21.1. The van der Waals surface area contributed by atoms with Crippen LogP contribution >= 0.6 is 0 Å². The third-order valence-electron chi connectivity index (χ3n) is 6.60. The van der Waals surface area contributed by atoms with Gasteiger partial charge in [0.25, 0.3) is 5.91 Å². The molecule has 188 valence electrons. The van der Waals surface area contributed by atoms with Gasteiger partial charge in [0.05, 0.1) is 30.4 Å². The van der Waals surface area contributed by atoms with Gasteiger partial charge < -0.3 is 4.90 Å². The van der Waals surface area contributed by atoms with Crippen LogP contribution in [0.15, 0.2) is 90.2 Å². The van der Waals surface area contributed by atoms with Crippen LogP contribution in [0.2, 0.25) is 0 Å². The number of aromatic nitrogens is 2. The Hall–Kier alpha value is -4.26. The van der Waals surface area contributed by atoms with Crippen molar-refractivity contribution in [2.45, 2.75) is 26.3 Å². The van der Waals surface area contributed by atoms with Gasteiger partial charge >= 0.3 is 0 Å². The molecule has 1 unspecified atom stereocenters. The summed E-state index contributed by atoms with van der Waals surface area (Å²) in [6.07, 6.45) is 6.61. The monoisotopic (exact) mass is 495 g/mol. The summed E-state index contributed by atoms with van der Waals surface area (Å²) in [5, 5.41) is 11.2. The van der Waals surface area contributed by atoms with E-state index >= 15 is 0 Å². The molecule has 5 rings (SSSR count). The number of pyridine rings is 1. The van der Waals surface area contributed by atoms with Crippen molar-refractivity contribution in [2.24, 2.45) is 5.10 Å². The number of carbonyl (C=O) groups is 1. The third-order valence-corrected chi connectivity index (χ3v) is 6.60. The minimum Gasteiger partial charge on any atom is -0.334 e. The van der Waals surface area contributed by atoms with E-state index in [0.29, 0.717) is 42.0 Å². The maximum atomic E-state index is 14.8. The summed E-state index contributed by atoms with van der Waals surface area (Å²) >= 11 is 0. The quantitative estimate of drug-likeness (QED) is 0.312. The van der Waals surface area contributed by atoms with Crippen LogP contribution in [0.3, 0.4) is 0 Å². The Morgan fingerprint density at radius 2 is 1.81 bits per heavy atom. The summed E-state index contributed by atoms with van der Waals surface area (Å²) in [6, 6.07) is 22.1. The van der Waals surface area contributed by atoms with E-state index in [1.165, 1.54) is 6.07 Å². The molecule has 2 aromatic carbocycles. The highest BCUT2D eigenvalue weighted by atomic mass is 19.1. The lowest BCUT2D eigenvalue weighted by Crippen LogP contribution is -2.45. The van der Waals surface area contributed by atoms with Crippen LogP contribution in [0.25, 0.3) is 22.3 Å². The minimum atomic E-state index is -0.404. The van der Waals surface area contributed by atoms with E-state index in [1.807, 2.05) is 59.4 Å². The van der Waals surface area contributed by atoms with Crippen LogP contribution in [0.4, 0.5) is 4.39 Å². The van der Waals surface area contributed by atoms with Gasteiger partial charge in [-0.15, -0.1) is 0 Å². The van der Waals surface area contributed by atoms with Gasteiger partial charge in [-0.25, -0.2) is 8.91 Å². The fourth-order valence-corrected chi connectivity index (χ4v) is 4.75. The molecule has 4 aromatic rings. The molecule has 37 heavy (non-hydrogen) atoms. The molecule has 2 aromatic heterocycles. The topological polar surface area (TPSA) is 53.2 Å². The first kappa shape index (κ1) is 24.4. The van der Waals surface area contributed by atoms with Crippen molar-refractivity contribution in [3.05, 3.63) is 102 Å². The van der Waals surface area contributed by atoms with Crippen molar-refractivity contribution in [2.75, 3.05) is 19.6 Å². The fourth-order valence-electron chi connectivity index (χ4n) is 4.75. The lowest BCUT2D eigenvalue weighted by atomic mass is 10.0. The van der Waals surface area contributed by atoms with Crippen molar-refractivity contribution in [3.63, 3.8) is 0 Å². The number of hydrogen-bond acceptors (Lipinski definition) is 4. The highest BCUT2D eigenvalue weighted by Gasteiger charge is 2.29. The average Bonchev–Trinajstić information content (AvgIpc) is 3.32. The summed E-state index contributed by atoms with van der Waals surface area (Å²) in [7, 11) is 0. The number of allylic oxidation sites excluding steroid dienone is 1. The summed E-state index contributed by atoms with van der Waals surface area (Å²) in [4.78, 5) is 16.0. The Bertz CT molecular complexity index is 1460. The highest BCUT2D eigenvalue weighted by molar-refractivity contribution is 6.10. The van der Waals surface area contributed by atoms with Gasteiger partial charge in [-0.05, 0) is 48.7 Å². The SMILES string of the molecule is CCCN(C(=O)c1c(-c2ccccc2F)nn2ccccc12)C(C)CN1CC=C(c2ccccc2)C=N1. The highest BCUT2D eigenvalue weighted by Crippen LogP contribution is 2.30. The molecule has 0 saturated heterocycles. The molecular weight excluding hydrogens is 465 g/mol. The van der Waals surface area contributed by atoms with Gasteiger partial charge in [-0.3, -0.25) is 9.80 Å². The molecule has 6 nitrogen and oxygen atoms in total. The van der Waals surface area contributed by atoms with Crippen LogP contribution < -0.4 is 0 Å². The van der Waals surface area contributed by atoms with E-state index in [2.05, 4.69) is 35.3 Å². The maximum absolute atomic E-state index is 14.8. The summed E-state index contributed by atoms with van der Waals surface area (Å²) < 4.78 is 16.5. The average molecular weight is 496 g/mol. The molecule has 1 aliphatic rings. The molecule has 1 atom stereocenters. The summed E-state index contributed by atoms with van der Waals surface area (Å²) in [6.45, 7) is 5.90. The van der Waals surface area contributed by atoms with Crippen LogP contribution in [0, 0.1) is 5.82 Å². The number of amides is 1. The second-order valence-corrected chi connectivity index (χ2v) is 9.22. The van der Waals surface area contributed by atoms with Crippen molar-refractivity contribution in [3.8, 4) is 11.3 Å². The van der Waals surface area contributed by atoms with Crippen molar-refractivity contribution in [1.82, 2.24) is 19.5 Å². The second kappa shape index (κ2) is 10.8. The number of benzene rings is 2. The zero-order valence-corrected chi connectivity index (χ0v) is 21.1. The van der Waals surface area contributed by atoms with Crippen LogP contribution in [-0.2, 0) is 0 Å². The molecule has 0 saturated carbocycles. The van der Waals surface area contributed by atoms with Crippen molar-refractivity contribution in [1.29, 1.82) is 0 Å². The normalized spacial score (nSPS) is 14.0. The standard InChI is InChI=1S/C30H30FN5O/c1-3-17-35(22(2)21-34-19-16-24(20-32-34)23-11-5-4-6-12-23)30(37)28-27-15-9-10-18-36(27)33-29(28)25-13-7-8-14-26(25)31/h4-16,18,20,22H,3,17,19,21H2,1-2H3. The van der Waals surface area contributed by atoms with E-state index in [4.69, 9.17) is 0 Å². The predicted octanol–water partition coefficient (Wildman–Crippen LogP) is 5.77. The van der Waals surface area contributed by atoms with E-state index in [9.17, 15) is 9.18 Å². The Balaban J connectivity index is 1.42. The van der Waals surface area contributed by atoms with Gasteiger partial charge in [0.2, 0.25) is 0 Å². The minimum absolute atomic E-state index is 0.122. The van der Waals surface area contributed by atoms with Crippen LogP contribution in [0.1, 0.15) is 36.2 Å². The molecule has 1 aliphatic heterocycles. The molecule has 0 radical (unpaired) electrons. The number of hydrogen-bond donors (Lipinski definition) is 0. The number of hydrazone groups is 1. The number of fused-ring (bicyclic) bond motifs is 1. The van der Waals surface area contributed by atoms with E-state index < -0.39 is 5.82 Å². The second-order valence-electron chi connectivity index (χ2n) is 9.22. The fraction of sp³-hybridized carbons (Fsp3) is 0.233. The molecule has 1 amide bonds. The molecular formula is C30H30FN5O. The van der Waals surface area contributed by atoms with Gasteiger partial charge in [-0.2, -0.15) is 10.2 Å². The van der Waals surface area contributed by atoms with Crippen LogP contribution in [-0.4, -0.2) is 57.3 Å². The first-order chi connectivity index (χ1) is 18.1. The zero-order chi connectivity index (χ0) is 25.8. The first-order valence-electron chi connectivity index (χ1n) is 12.6. The van der Waals surface area contributed by atoms with E-state index in [-0.39, 0.29) is 11.9 Å². The molecule has 0 aliphatic carbocycles. The molecule has 7 heteroatoms. The van der Waals surface area contributed by atoms with Crippen LogP contribution in [0.5, 0.6) is 0 Å². The molecule has 3 heterocycles. The van der Waals surface area contributed by atoms with Crippen molar-refractivity contribution >= 4 is 23.2 Å². The number of nitrogens with zero attached hydrogens (tertiary/aromatic N) is 5. The Morgan fingerprint density at radius 3 is 2.54 bits per heavy atom. The molecule has 0 fully saturated rings. The smallest absolute Gasteiger partial charge is 0.258 e. The Kier molecular flexibility index (Phi) is 7.12. The maximum Gasteiger partial charge on any atom is 0.258 e. The van der Waals surface area contributed by atoms with E-state index in [1.54, 1.807) is 28.9 Å². The Labute approximate surface area is 216 Å². The largest absolute Gasteiger partial charge is 0.334 e. The number of rotatable bonds is 8. The predicted molar refractivity (Wildman–Crippen MR) is 146 cm³/mol. The summed E-state index contributed by atoms with van der Waals surface area (Å²) in [5.74, 6) is -0.561. The van der Waals surface area contributed by atoms with Crippen molar-refractivity contribution < 1.29 is 9.18 Å². The van der Waals surface area contributed by atoms with Gasteiger partial charge in [-0.1, -0.05) is 61.5 Å². The van der Waals surface area contributed by atoms with Gasteiger partial charge in [0.1, 0.15) is 11.5 Å². The summed E-state index contributed by atoms with van der Waals surface area (Å²) in [5.41, 5.74) is 3.97. The number of halogens is 1.